The van der Waals surface area contributed by atoms with E-state index in [9.17, 15) is 18.8 Å². The predicted molar refractivity (Wildman–Crippen MR) is 96.8 cm³/mol. The molecule has 28 heavy (non-hydrogen) atoms. The van der Waals surface area contributed by atoms with Crippen LogP contribution in [0.4, 0.5) is 10.1 Å². The first-order valence-corrected chi connectivity index (χ1v) is 8.31. The standard InChI is InChI=1S/C19H16FN3O5/c1-12(17(25)21-15-9-5-8-14(20)10-15)27-16(24)11-23-19(26)28-18(22-23)13-6-3-2-4-7-13/h2-10,12H,11H2,1H3,(H,21,25)/t12-/m0/s1. The summed E-state index contributed by atoms with van der Waals surface area (Å²) < 4.78 is 24.0. The lowest BCUT2D eigenvalue weighted by Gasteiger charge is -2.13. The van der Waals surface area contributed by atoms with Crippen LogP contribution in [0.1, 0.15) is 6.92 Å². The van der Waals surface area contributed by atoms with Gasteiger partial charge >= 0.3 is 11.7 Å². The zero-order valence-corrected chi connectivity index (χ0v) is 14.8. The van der Waals surface area contributed by atoms with Crippen LogP contribution in [0.25, 0.3) is 11.5 Å². The first kappa shape index (κ1) is 19.0. The minimum absolute atomic E-state index is 0.0651. The minimum Gasteiger partial charge on any atom is -0.451 e. The number of anilines is 1. The van der Waals surface area contributed by atoms with Gasteiger partial charge in [-0.25, -0.2) is 9.18 Å². The number of nitrogens with zero attached hydrogens (tertiary/aromatic N) is 2. The number of aromatic nitrogens is 2. The molecule has 0 fully saturated rings. The number of hydrogen-bond donors (Lipinski definition) is 1. The van der Waals surface area contributed by atoms with Crippen LogP contribution >= 0.6 is 0 Å². The number of ether oxygens (including phenoxy) is 1. The highest BCUT2D eigenvalue weighted by molar-refractivity contribution is 5.95. The van der Waals surface area contributed by atoms with Crippen LogP contribution in [0.3, 0.4) is 0 Å². The second kappa shape index (κ2) is 8.30. The van der Waals surface area contributed by atoms with Gasteiger partial charge in [-0.2, -0.15) is 4.68 Å². The van der Waals surface area contributed by atoms with E-state index < -0.39 is 36.1 Å². The molecule has 1 atom stereocenters. The first-order valence-electron chi connectivity index (χ1n) is 8.31. The molecular formula is C19H16FN3O5. The molecule has 9 heteroatoms. The lowest BCUT2D eigenvalue weighted by atomic mass is 10.2. The van der Waals surface area contributed by atoms with Gasteiger partial charge in [0.2, 0.25) is 5.89 Å². The van der Waals surface area contributed by atoms with E-state index in [1.54, 1.807) is 30.3 Å². The molecule has 0 radical (unpaired) electrons. The molecule has 1 aromatic heterocycles. The molecule has 0 aliphatic carbocycles. The fraction of sp³-hybridized carbons (Fsp3) is 0.158. The molecule has 0 saturated heterocycles. The van der Waals surface area contributed by atoms with E-state index in [4.69, 9.17) is 9.15 Å². The van der Waals surface area contributed by atoms with Gasteiger partial charge in [-0.05, 0) is 37.3 Å². The Hall–Kier alpha value is -3.75. The lowest BCUT2D eigenvalue weighted by Crippen LogP contribution is -2.32. The molecule has 1 heterocycles. The Balaban J connectivity index is 1.60. The predicted octanol–water partition coefficient (Wildman–Crippen LogP) is 2.21. The molecule has 1 N–H and O–H groups in total. The van der Waals surface area contributed by atoms with Gasteiger partial charge in [-0.3, -0.25) is 9.59 Å². The summed E-state index contributed by atoms with van der Waals surface area (Å²) in [5.74, 6) is -2.77. The molecule has 8 nitrogen and oxygen atoms in total. The summed E-state index contributed by atoms with van der Waals surface area (Å²) in [7, 11) is 0. The highest BCUT2D eigenvalue weighted by Crippen LogP contribution is 2.14. The third kappa shape index (κ3) is 4.70. The Morgan fingerprint density at radius 2 is 1.96 bits per heavy atom. The molecule has 144 valence electrons. The Labute approximate surface area is 158 Å². The van der Waals surface area contributed by atoms with Crippen molar-refractivity contribution in [3.8, 4) is 11.5 Å². The van der Waals surface area contributed by atoms with Crippen molar-refractivity contribution in [2.24, 2.45) is 0 Å². The number of esters is 1. The van der Waals surface area contributed by atoms with Crippen LogP contribution < -0.4 is 11.1 Å². The van der Waals surface area contributed by atoms with Crippen LogP contribution in [-0.2, 0) is 20.9 Å². The van der Waals surface area contributed by atoms with E-state index in [0.717, 1.165) is 10.7 Å². The van der Waals surface area contributed by atoms with E-state index in [1.807, 2.05) is 0 Å². The minimum atomic E-state index is -1.16. The molecule has 2 aromatic carbocycles. The van der Waals surface area contributed by atoms with E-state index in [-0.39, 0.29) is 11.6 Å². The van der Waals surface area contributed by atoms with Crippen LogP contribution in [0, 0.1) is 5.82 Å². The largest absolute Gasteiger partial charge is 0.451 e. The van der Waals surface area contributed by atoms with Crippen molar-refractivity contribution in [1.82, 2.24) is 9.78 Å². The van der Waals surface area contributed by atoms with E-state index in [1.165, 1.54) is 25.1 Å². The Morgan fingerprint density at radius 3 is 2.68 bits per heavy atom. The number of hydrogen-bond acceptors (Lipinski definition) is 6. The summed E-state index contributed by atoms with van der Waals surface area (Å²) in [4.78, 5) is 35.9. The topological polar surface area (TPSA) is 103 Å². The van der Waals surface area contributed by atoms with Crippen molar-refractivity contribution in [2.75, 3.05) is 5.32 Å². The lowest BCUT2D eigenvalue weighted by molar-refractivity contribution is -0.154. The zero-order chi connectivity index (χ0) is 20.1. The Morgan fingerprint density at radius 1 is 1.21 bits per heavy atom. The van der Waals surface area contributed by atoms with Crippen molar-refractivity contribution in [2.45, 2.75) is 19.6 Å². The van der Waals surface area contributed by atoms with Crippen LogP contribution in [0.2, 0.25) is 0 Å². The smallest absolute Gasteiger partial charge is 0.437 e. The zero-order valence-electron chi connectivity index (χ0n) is 14.8. The molecule has 0 unspecified atom stereocenters. The van der Waals surface area contributed by atoms with Gasteiger partial charge in [0.15, 0.2) is 6.10 Å². The van der Waals surface area contributed by atoms with Crippen LogP contribution in [-0.4, -0.2) is 27.8 Å². The van der Waals surface area contributed by atoms with E-state index in [2.05, 4.69) is 10.4 Å². The molecule has 3 aromatic rings. The maximum Gasteiger partial charge on any atom is 0.437 e. The van der Waals surface area contributed by atoms with Gasteiger partial charge in [0.1, 0.15) is 12.4 Å². The summed E-state index contributed by atoms with van der Waals surface area (Å²) in [6.45, 7) is 0.834. The molecule has 0 saturated carbocycles. The SMILES string of the molecule is C[C@H](OC(=O)Cn1nc(-c2ccccc2)oc1=O)C(=O)Nc1cccc(F)c1. The van der Waals surface area contributed by atoms with Crippen LogP contribution in [0.15, 0.2) is 63.8 Å². The summed E-state index contributed by atoms with van der Waals surface area (Å²) in [5, 5.41) is 6.37. The van der Waals surface area contributed by atoms with E-state index in [0.29, 0.717) is 5.56 Å². The number of rotatable bonds is 6. The van der Waals surface area contributed by atoms with Crippen molar-refractivity contribution >= 4 is 17.6 Å². The molecular weight excluding hydrogens is 369 g/mol. The van der Waals surface area contributed by atoms with Gasteiger partial charge in [0.25, 0.3) is 5.91 Å². The highest BCUT2D eigenvalue weighted by Gasteiger charge is 2.20. The van der Waals surface area contributed by atoms with Crippen molar-refractivity contribution in [3.63, 3.8) is 0 Å². The highest BCUT2D eigenvalue weighted by atomic mass is 19.1. The fourth-order valence-electron chi connectivity index (χ4n) is 2.32. The first-order chi connectivity index (χ1) is 13.4. The second-order valence-electron chi connectivity index (χ2n) is 5.83. The number of amides is 1. The molecule has 0 aliphatic heterocycles. The summed E-state index contributed by atoms with van der Waals surface area (Å²) in [6.07, 6.45) is -1.16. The van der Waals surface area contributed by atoms with Crippen molar-refractivity contribution in [3.05, 3.63) is 71.0 Å². The molecule has 0 spiro atoms. The maximum atomic E-state index is 13.1. The molecule has 1 amide bonds. The van der Waals surface area contributed by atoms with Gasteiger partial charge < -0.3 is 14.5 Å². The van der Waals surface area contributed by atoms with Gasteiger partial charge in [-0.1, -0.05) is 24.3 Å². The number of halogens is 1. The maximum absolute atomic E-state index is 13.1. The third-order valence-electron chi connectivity index (χ3n) is 3.68. The van der Waals surface area contributed by atoms with Gasteiger partial charge in [0.05, 0.1) is 0 Å². The summed E-state index contributed by atoms with van der Waals surface area (Å²) in [6, 6.07) is 14.0. The van der Waals surface area contributed by atoms with Crippen molar-refractivity contribution in [1.29, 1.82) is 0 Å². The van der Waals surface area contributed by atoms with E-state index >= 15 is 0 Å². The van der Waals surface area contributed by atoms with Crippen LogP contribution in [0.5, 0.6) is 0 Å². The fourth-order valence-corrected chi connectivity index (χ4v) is 2.32. The van der Waals surface area contributed by atoms with Gasteiger partial charge in [-0.15, -0.1) is 5.10 Å². The third-order valence-corrected chi connectivity index (χ3v) is 3.68. The normalized spacial score (nSPS) is 11.6. The Kier molecular flexibility index (Phi) is 5.64. The number of benzene rings is 2. The summed E-state index contributed by atoms with van der Waals surface area (Å²) in [5.41, 5.74) is 0.808. The van der Waals surface area contributed by atoms with Crippen molar-refractivity contribution < 1.29 is 23.1 Å². The average Bonchev–Trinajstić information content (AvgIpc) is 3.02. The molecule has 0 bridgehead atoms. The molecule has 3 rings (SSSR count). The van der Waals surface area contributed by atoms with Gasteiger partial charge in [0, 0.05) is 11.3 Å². The number of nitrogens with one attached hydrogen (secondary N) is 1. The monoisotopic (exact) mass is 385 g/mol. The molecule has 0 aliphatic rings. The number of carbonyl (C=O) groups is 2. The average molecular weight is 385 g/mol. The second-order valence-corrected chi connectivity index (χ2v) is 5.83. The quantitative estimate of drug-likeness (QED) is 0.653. The number of carbonyl (C=O) groups excluding carboxylic acids is 2. The summed E-state index contributed by atoms with van der Waals surface area (Å²) >= 11 is 0. The Bertz CT molecular complexity index is 1040.